The van der Waals surface area contributed by atoms with E-state index in [1.165, 1.54) is 11.1 Å². The first-order valence-corrected chi connectivity index (χ1v) is 10.4. The van der Waals surface area contributed by atoms with Crippen molar-refractivity contribution < 1.29 is 19.5 Å². The van der Waals surface area contributed by atoms with Crippen molar-refractivity contribution in [2.45, 2.75) is 46.6 Å². The van der Waals surface area contributed by atoms with Gasteiger partial charge in [0.25, 0.3) is 0 Å². The van der Waals surface area contributed by atoms with Crippen LogP contribution in [-0.4, -0.2) is 31.8 Å². The summed E-state index contributed by atoms with van der Waals surface area (Å²) in [5, 5.41) is 19.6. The Labute approximate surface area is 179 Å². The van der Waals surface area contributed by atoms with Crippen molar-refractivity contribution in [3.63, 3.8) is 0 Å². The number of aromatic hydroxyl groups is 1. The molecule has 0 fully saturated rings. The molecule has 0 radical (unpaired) electrons. The average molecular weight is 432 g/mol. The summed E-state index contributed by atoms with van der Waals surface area (Å²) < 4.78 is 7.85. The predicted octanol–water partition coefficient (Wildman–Crippen LogP) is 0.884. The number of thiazole rings is 1. The molecule has 0 spiro atoms. The van der Waals surface area contributed by atoms with Crippen molar-refractivity contribution in [1.82, 2.24) is 15.0 Å². The summed E-state index contributed by atoms with van der Waals surface area (Å²) in [5.74, 6) is 1.15. The van der Waals surface area contributed by atoms with Crippen LogP contribution in [0.1, 0.15) is 38.8 Å². The highest BCUT2D eigenvalue weighted by Gasteiger charge is 2.18. The molecular weight excluding hydrogens is 404 g/mol. The molecule has 10 heteroatoms. The van der Waals surface area contributed by atoms with Crippen LogP contribution in [0.5, 0.6) is 5.75 Å². The van der Waals surface area contributed by atoms with Crippen LogP contribution in [-0.2, 0) is 37.5 Å². The molecule has 3 rings (SSSR count). The first-order valence-electron chi connectivity index (χ1n) is 9.56. The lowest BCUT2D eigenvalue weighted by Crippen LogP contribution is -2.35. The molecule has 30 heavy (non-hydrogen) atoms. The Balaban J connectivity index is 1.57. The van der Waals surface area contributed by atoms with Gasteiger partial charge in [-0.05, 0) is 6.92 Å². The minimum atomic E-state index is -0.216. The maximum absolute atomic E-state index is 10.3. The maximum atomic E-state index is 10.3. The van der Waals surface area contributed by atoms with Crippen LogP contribution in [0.15, 0.2) is 17.9 Å². The van der Waals surface area contributed by atoms with Crippen molar-refractivity contribution in [1.29, 1.82) is 0 Å². The number of aliphatic hydroxyl groups excluding tert-OH is 1. The molecule has 9 nitrogen and oxygen atoms in total. The lowest BCUT2D eigenvalue weighted by atomic mass is 10.1. The van der Waals surface area contributed by atoms with E-state index >= 15 is 0 Å². The number of aryl methyl sites for hydroxylation is 1. The number of rotatable bonds is 9. The molecule has 0 aliphatic rings. The Morgan fingerprint density at radius 3 is 2.67 bits per heavy atom. The zero-order valence-corrected chi connectivity index (χ0v) is 17.9. The normalized spacial score (nSPS) is 11.2. The molecule has 0 aromatic carbocycles. The number of hydrogen-bond acceptors (Lipinski definition) is 9. The van der Waals surface area contributed by atoms with Gasteiger partial charge < -0.3 is 26.4 Å². The van der Waals surface area contributed by atoms with Crippen molar-refractivity contribution >= 4 is 17.2 Å². The molecule has 160 valence electrons. The van der Waals surface area contributed by atoms with Crippen LogP contribution in [0.25, 0.3) is 0 Å². The first-order chi connectivity index (χ1) is 14.4. The summed E-state index contributed by atoms with van der Waals surface area (Å²) in [4.78, 5) is 13.8. The number of hydrogen-bond donors (Lipinski definition) is 4. The Bertz CT molecular complexity index is 1020. The van der Waals surface area contributed by atoms with E-state index in [2.05, 4.69) is 32.0 Å². The predicted molar refractivity (Wildman–Crippen MR) is 113 cm³/mol. The number of ether oxygens (including phenoxy) is 1. The molecule has 0 atom stereocenters. The molecular formula is C20H27N6O3S+. The summed E-state index contributed by atoms with van der Waals surface area (Å²) >= 11 is 1.66. The van der Waals surface area contributed by atoms with Crippen molar-refractivity contribution in [2.24, 2.45) is 5.73 Å². The van der Waals surface area contributed by atoms with Crippen LogP contribution in [0.4, 0.5) is 5.82 Å². The number of anilines is 1. The number of aliphatic hydroxyl groups is 1. The second kappa shape index (κ2) is 9.90. The fraction of sp³-hybridized carbons (Fsp3) is 0.400. The van der Waals surface area contributed by atoms with Crippen LogP contribution in [0, 0.1) is 13.8 Å². The van der Waals surface area contributed by atoms with E-state index in [4.69, 9.17) is 16.2 Å². The smallest absolute Gasteiger partial charge is 0.225 e. The van der Waals surface area contributed by atoms with Crippen LogP contribution in [0.2, 0.25) is 0 Å². The van der Waals surface area contributed by atoms with Gasteiger partial charge in [0.15, 0.2) is 12.2 Å². The molecule has 0 aliphatic heterocycles. The monoisotopic (exact) mass is 431 g/mol. The highest BCUT2D eigenvalue weighted by Crippen LogP contribution is 2.24. The third-order valence-electron chi connectivity index (χ3n) is 4.93. The van der Waals surface area contributed by atoms with E-state index < -0.39 is 0 Å². The summed E-state index contributed by atoms with van der Waals surface area (Å²) in [6, 6.07) is 0. The molecule has 0 amide bonds. The largest absolute Gasteiger partial charge is 0.506 e. The molecule has 3 aromatic heterocycles. The highest BCUT2D eigenvalue weighted by molar-refractivity contribution is 7.09. The zero-order chi connectivity index (χ0) is 21.7. The molecule has 0 unspecified atom stereocenters. The van der Waals surface area contributed by atoms with E-state index in [-0.39, 0.29) is 25.5 Å². The standard InChI is InChI=1S/C20H26N6O3S/c1-12-18(30-11-26(12)8-14-6-23-13(2)25-20(14)22)3-4-29-10-17-19(28)16(5-21)15(9-27)7-24-17/h6-7,11,27H,3-5,8-10,21H2,1-2H3,(H2-,22,23,25,28)/p+1. The number of nitrogen functional groups attached to an aromatic ring is 1. The number of aromatic nitrogens is 4. The van der Waals surface area contributed by atoms with E-state index in [1.807, 2.05) is 6.92 Å². The fourth-order valence-electron chi connectivity index (χ4n) is 3.09. The summed E-state index contributed by atoms with van der Waals surface area (Å²) in [5.41, 5.74) is 17.2. The molecule has 0 saturated carbocycles. The van der Waals surface area contributed by atoms with Gasteiger partial charge in [-0.25, -0.2) is 9.97 Å². The zero-order valence-electron chi connectivity index (χ0n) is 17.1. The van der Waals surface area contributed by atoms with Gasteiger partial charge in [0.1, 0.15) is 23.1 Å². The quantitative estimate of drug-likeness (QED) is 0.289. The summed E-state index contributed by atoms with van der Waals surface area (Å²) in [6.45, 7) is 5.06. The van der Waals surface area contributed by atoms with Crippen LogP contribution < -0.4 is 16.0 Å². The second-order valence-corrected chi connectivity index (χ2v) is 7.85. The van der Waals surface area contributed by atoms with E-state index in [9.17, 15) is 10.2 Å². The van der Waals surface area contributed by atoms with E-state index in [0.29, 0.717) is 41.6 Å². The average Bonchev–Trinajstić information content (AvgIpc) is 3.07. The topological polar surface area (TPSA) is 144 Å². The van der Waals surface area contributed by atoms with E-state index in [1.54, 1.807) is 17.5 Å². The lowest BCUT2D eigenvalue weighted by molar-refractivity contribution is -0.689. The van der Waals surface area contributed by atoms with Gasteiger partial charge in [0, 0.05) is 43.4 Å². The third-order valence-corrected chi connectivity index (χ3v) is 6.07. The van der Waals surface area contributed by atoms with Crippen molar-refractivity contribution in [3.8, 4) is 5.75 Å². The highest BCUT2D eigenvalue weighted by atomic mass is 32.1. The van der Waals surface area contributed by atoms with Crippen LogP contribution >= 0.6 is 11.3 Å². The molecule has 0 aliphatic carbocycles. The number of nitrogens with two attached hydrogens (primary N) is 2. The molecule has 6 N–H and O–H groups in total. The van der Waals surface area contributed by atoms with Crippen molar-refractivity contribution in [3.05, 3.63) is 56.7 Å². The first kappa shape index (κ1) is 22.0. The Morgan fingerprint density at radius 2 is 1.97 bits per heavy atom. The Hall–Kier alpha value is -2.66. The molecule has 3 aromatic rings. The van der Waals surface area contributed by atoms with Gasteiger partial charge in [-0.3, -0.25) is 4.98 Å². The lowest BCUT2D eigenvalue weighted by Gasteiger charge is -2.11. The molecule has 0 bridgehead atoms. The van der Waals surface area contributed by atoms with Gasteiger partial charge in [-0.1, -0.05) is 11.3 Å². The Morgan fingerprint density at radius 1 is 1.20 bits per heavy atom. The Kier molecular flexibility index (Phi) is 7.27. The molecule has 0 saturated heterocycles. The minimum Gasteiger partial charge on any atom is -0.506 e. The van der Waals surface area contributed by atoms with Gasteiger partial charge in [-0.2, -0.15) is 4.57 Å². The number of nitrogens with zero attached hydrogens (tertiary/aromatic N) is 4. The van der Waals surface area contributed by atoms with Gasteiger partial charge in [0.2, 0.25) is 5.51 Å². The van der Waals surface area contributed by atoms with Crippen molar-refractivity contribution in [2.75, 3.05) is 12.3 Å². The van der Waals surface area contributed by atoms with E-state index in [0.717, 1.165) is 17.7 Å². The number of pyridine rings is 1. The van der Waals surface area contributed by atoms with Crippen LogP contribution in [0.3, 0.4) is 0 Å². The maximum Gasteiger partial charge on any atom is 0.225 e. The van der Waals surface area contributed by atoms with Gasteiger partial charge >= 0.3 is 0 Å². The third kappa shape index (κ3) is 4.90. The summed E-state index contributed by atoms with van der Waals surface area (Å²) in [7, 11) is 0. The fourth-order valence-corrected chi connectivity index (χ4v) is 4.07. The van der Waals surface area contributed by atoms with Gasteiger partial charge in [0.05, 0.1) is 30.3 Å². The minimum absolute atomic E-state index is 0.00731. The SMILES string of the molecule is Cc1ncc(C[n+]2csc(CCOCc3ncc(CO)c(CN)c3O)c2C)c(N)n1. The second-order valence-electron chi connectivity index (χ2n) is 6.91. The van der Waals surface area contributed by atoms with Gasteiger partial charge in [-0.15, -0.1) is 0 Å². The molecule has 3 heterocycles. The summed E-state index contributed by atoms with van der Waals surface area (Å²) in [6.07, 6.45) is 4.03.